The summed E-state index contributed by atoms with van der Waals surface area (Å²) in [5.41, 5.74) is 1.25. The van der Waals surface area contributed by atoms with Crippen LogP contribution in [0.2, 0.25) is 0 Å². The third kappa shape index (κ3) is 3.83. The minimum Gasteiger partial charge on any atom is -0.487 e. The van der Waals surface area contributed by atoms with Crippen molar-refractivity contribution in [3.05, 3.63) is 60.4 Å². The highest BCUT2D eigenvalue weighted by atomic mass is 16.5. The molecule has 1 amide bonds. The van der Waals surface area contributed by atoms with Gasteiger partial charge in [0.25, 0.3) is 0 Å². The molecule has 0 aliphatic carbocycles. The van der Waals surface area contributed by atoms with E-state index in [1.807, 2.05) is 54.5 Å². The zero-order valence-corrected chi connectivity index (χ0v) is 15.8. The Morgan fingerprint density at radius 2 is 1.81 bits per heavy atom. The molecule has 2 aliphatic heterocycles. The molecule has 2 fully saturated rings. The summed E-state index contributed by atoms with van der Waals surface area (Å²) >= 11 is 0. The number of pyridine rings is 1. The average molecular weight is 365 g/mol. The van der Waals surface area contributed by atoms with Crippen LogP contribution >= 0.6 is 0 Å². The van der Waals surface area contributed by atoms with Gasteiger partial charge in [-0.05, 0) is 42.7 Å². The third-order valence-electron chi connectivity index (χ3n) is 5.77. The quantitative estimate of drug-likeness (QED) is 0.816. The molecule has 0 N–H and O–H groups in total. The van der Waals surface area contributed by atoms with Gasteiger partial charge in [0, 0.05) is 44.5 Å². The van der Waals surface area contributed by atoms with E-state index in [9.17, 15) is 4.79 Å². The largest absolute Gasteiger partial charge is 0.487 e. The number of amides is 1. The number of carbonyl (C=O) groups excluding carboxylic acids is 1. The smallest absolute Gasteiger partial charge is 0.222 e. The van der Waals surface area contributed by atoms with E-state index in [1.165, 1.54) is 5.56 Å². The fourth-order valence-corrected chi connectivity index (χ4v) is 4.29. The lowest BCUT2D eigenvalue weighted by Gasteiger charge is -2.53. The highest BCUT2D eigenvalue weighted by Gasteiger charge is 2.45. The number of piperidine rings is 1. The Morgan fingerprint density at radius 3 is 2.48 bits per heavy atom. The Morgan fingerprint density at radius 1 is 1.11 bits per heavy atom. The summed E-state index contributed by atoms with van der Waals surface area (Å²) in [5, 5.41) is 0. The molecule has 4 rings (SSSR count). The van der Waals surface area contributed by atoms with Crippen molar-refractivity contribution in [2.45, 2.75) is 44.4 Å². The van der Waals surface area contributed by atoms with Crippen molar-refractivity contribution in [1.82, 2.24) is 14.8 Å². The molecule has 0 spiro atoms. The molecule has 2 saturated heterocycles. The molecule has 0 unspecified atom stereocenters. The SMILES string of the molecule is CCC(=O)N1CCC(N2C[C@H](Oc3ccccc3)[C@@H]2c2ccncc2)CC1. The Hall–Kier alpha value is -2.40. The van der Waals surface area contributed by atoms with E-state index in [2.05, 4.69) is 22.0 Å². The number of rotatable bonds is 5. The molecule has 1 aromatic heterocycles. The predicted molar refractivity (Wildman–Crippen MR) is 104 cm³/mol. The minimum absolute atomic E-state index is 0.144. The third-order valence-corrected chi connectivity index (χ3v) is 5.77. The van der Waals surface area contributed by atoms with Crippen LogP contribution in [0, 0.1) is 0 Å². The van der Waals surface area contributed by atoms with Gasteiger partial charge in [0.05, 0.1) is 6.04 Å². The van der Waals surface area contributed by atoms with Crippen LogP contribution in [0.15, 0.2) is 54.9 Å². The summed E-state index contributed by atoms with van der Waals surface area (Å²) in [6.07, 6.45) is 6.52. The summed E-state index contributed by atoms with van der Waals surface area (Å²) in [6.45, 7) is 4.59. The molecule has 2 atom stereocenters. The molecule has 3 heterocycles. The summed E-state index contributed by atoms with van der Waals surface area (Å²) < 4.78 is 6.29. The zero-order valence-electron chi connectivity index (χ0n) is 15.8. The molecule has 5 nitrogen and oxygen atoms in total. The maximum Gasteiger partial charge on any atom is 0.222 e. The first-order valence-electron chi connectivity index (χ1n) is 9.91. The van der Waals surface area contributed by atoms with E-state index in [1.54, 1.807) is 0 Å². The Kier molecular flexibility index (Phi) is 5.39. The van der Waals surface area contributed by atoms with E-state index in [4.69, 9.17) is 4.74 Å². The van der Waals surface area contributed by atoms with Crippen LogP contribution in [0.3, 0.4) is 0 Å². The summed E-state index contributed by atoms with van der Waals surface area (Å²) in [7, 11) is 0. The number of ether oxygens (including phenoxy) is 1. The summed E-state index contributed by atoms with van der Waals surface area (Å²) in [6, 6.07) is 15.0. The number of likely N-dealkylation sites (tertiary alicyclic amines) is 2. The van der Waals surface area contributed by atoms with Crippen molar-refractivity contribution in [2.24, 2.45) is 0 Å². The number of para-hydroxylation sites is 1. The number of hydrogen-bond acceptors (Lipinski definition) is 4. The van der Waals surface area contributed by atoms with Gasteiger partial charge < -0.3 is 9.64 Å². The lowest BCUT2D eigenvalue weighted by molar-refractivity contribution is -0.134. The van der Waals surface area contributed by atoms with Crippen molar-refractivity contribution < 1.29 is 9.53 Å². The maximum atomic E-state index is 12.0. The predicted octanol–water partition coefficient (Wildman–Crippen LogP) is 3.29. The van der Waals surface area contributed by atoms with Crippen LogP contribution in [-0.4, -0.2) is 52.5 Å². The van der Waals surface area contributed by atoms with Crippen LogP contribution in [0.25, 0.3) is 0 Å². The number of benzene rings is 1. The second-order valence-corrected chi connectivity index (χ2v) is 7.36. The molecular weight excluding hydrogens is 338 g/mol. The average Bonchev–Trinajstić information content (AvgIpc) is 2.72. The Labute approximate surface area is 161 Å². The first kappa shape index (κ1) is 18.0. The van der Waals surface area contributed by atoms with Crippen molar-refractivity contribution in [3.63, 3.8) is 0 Å². The molecule has 2 aliphatic rings. The fraction of sp³-hybridized carbons (Fsp3) is 0.455. The maximum absolute atomic E-state index is 12.0. The molecule has 0 bridgehead atoms. The molecule has 142 valence electrons. The van der Waals surface area contributed by atoms with Crippen LogP contribution < -0.4 is 4.74 Å². The normalized spacial score (nSPS) is 23.7. The fourth-order valence-electron chi connectivity index (χ4n) is 4.29. The highest BCUT2D eigenvalue weighted by molar-refractivity contribution is 5.75. The highest BCUT2D eigenvalue weighted by Crippen LogP contribution is 2.40. The lowest BCUT2D eigenvalue weighted by Crippen LogP contribution is -2.61. The molecule has 2 aromatic rings. The molecule has 0 radical (unpaired) electrons. The molecule has 0 saturated carbocycles. The second-order valence-electron chi connectivity index (χ2n) is 7.36. The van der Waals surface area contributed by atoms with Crippen molar-refractivity contribution in [1.29, 1.82) is 0 Å². The van der Waals surface area contributed by atoms with Gasteiger partial charge in [-0.1, -0.05) is 25.1 Å². The lowest BCUT2D eigenvalue weighted by atomic mass is 9.87. The van der Waals surface area contributed by atoms with Gasteiger partial charge in [0.1, 0.15) is 11.9 Å². The van der Waals surface area contributed by atoms with Crippen LogP contribution in [0.5, 0.6) is 5.75 Å². The van der Waals surface area contributed by atoms with Crippen LogP contribution in [-0.2, 0) is 4.79 Å². The first-order chi connectivity index (χ1) is 13.3. The van der Waals surface area contributed by atoms with Gasteiger partial charge in [-0.2, -0.15) is 0 Å². The first-order valence-corrected chi connectivity index (χ1v) is 9.91. The number of nitrogens with zero attached hydrogens (tertiary/aromatic N) is 3. The second kappa shape index (κ2) is 8.09. The van der Waals surface area contributed by atoms with Crippen LogP contribution in [0.1, 0.15) is 37.8 Å². The molecule has 27 heavy (non-hydrogen) atoms. The van der Waals surface area contributed by atoms with E-state index in [0.29, 0.717) is 12.5 Å². The van der Waals surface area contributed by atoms with Crippen molar-refractivity contribution in [2.75, 3.05) is 19.6 Å². The van der Waals surface area contributed by atoms with Gasteiger partial charge in [-0.3, -0.25) is 14.7 Å². The number of carbonyl (C=O) groups is 1. The summed E-state index contributed by atoms with van der Waals surface area (Å²) in [5.74, 6) is 1.19. The van der Waals surface area contributed by atoms with E-state index in [-0.39, 0.29) is 18.1 Å². The van der Waals surface area contributed by atoms with Gasteiger partial charge in [-0.25, -0.2) is 0 Å². The molecule has 5 heteroatoms. The van der Waals surface area contributed by atoms with Gasteiger partial charge in [-0.15, -0.1) is 0 Å². The van der Waals surface area contributed by atoms with E-state index < -0.39 is 0 Å². The van der Waals surface area contributed by atoms with Crippen LogP contribution in [0.4, 0.5) is 0 Å². The Bertz CT molecular complexity index is 745. The van der Waals surface area contributed by atoms with E-state index >= 15 is 0 Å². The van der Waals surface area contributed by atoms with Gasteiger partial charge in [0.2, 0.25) is 5.91 Å². The monoisotopic (exact) mass is 365 g/mol. The van der Waals surface area contributed by atoms with Gasteiger partial charge >= 0.3 is 0 Å². The van der Waals surface area contributed by atoms with Crippen molar-refractivity contribution in [3.8, 4) is 5.75 Å². The van der Waals surface area contributed by atoms with E-state index in [0.717, 1.165) is 38.2 Å². The van der Waals surface area contributed by atoms with Crippen molar-refractivity contribution >= 4 is 5.91 Å². The standard InChI is InChI=1S/C22H27N3O2/c1-2-21(26)24-14-10-18(11-15-24)25-16-20(27-19-6-4-3-5-7-19)22(25)17-8-12-23-13-9-17/h3-9,12-13,18,20,22H,2,10-11,14-16H2,1H3/t20-,22-/m0/s1. The Balaban J connectivity index is 1.46. The topological polar surface area (TPSA) is 45.7 Å². The summed E-state index contributed by atoms with van der Waals surface area (Å²) in [4.78, 5) is 20.7. The molecular formula is C22H27N3O2. The molecule has 1 aromatic carbocycles. The number of aromatic nitrogens is 1. The minimum atomic E-state index is 0.144. The number of hydrogen-bond donors (Lipinski definition) is 0. The zero-order chi connectivity index (χ0) is 18.6. The van der Waals surface area contributed by atoms with Gasteiger partial charge in [0.15, 0.2) is 0 Å².